The van der Waals surface area contributed by atoms with Crippen LogP contribution in [0.4, 0.5) is 10.1 Å². The van der Waals surface area contributed by atoms with Crippen LogP contribution in [0.25, 0.3) is 0 Å². The molecule has 1 N–H and O–H groups in total. The zero-order chi connectivity index (χ0) is 13.8. The summed E-state index contributed by atoms with van der Waals surface area (Å²) in [5.74, 6) is -0.415. The summed E-state index contributed by atoms with van der Waals surface area (Å²) in [4.78, 5) is 5.57. The van der Waals surface area contributed by atoms with Crippen LogP contribution in [-0.4, -0.2) is 4.98 Å². The van der Waals surface area contributed by atoms with E-state index in [1.54, 1.807) is 17.4 Å². The average molecular weight is 275 g/mol. The van der Waals surface area contributed by atoms with E-state index in [1.165, 1.54) is 17.0 Å². The van der Waals surface area contributed by atoms with E-state index in [4.69, 9.17) is 5.26 Å². The van der Waals surface area contributed by atoms with Crippen molar-refractivity contribution in [2.75, 3.05) is 5.32 Å². The molecule has 19 heavy (non-hydrogen) atoms. The van der Waals surface area contributed by atoms with Crippen molar-refractivity contribution in [1.29, 1.82) is 5.26 Å². The molecular formula is C14H14FN3S. The number of nitriles is 1. The number of hydrogen-bond acceptors (Lipinski definition) is 4. The Hall–Kier alpha value is -1.93. The van der Waals surface area contributed by atoms with Crippen molar-refractivity contribution in [2.45, 2.75) is 26.3 Å². The molecule has 0 aliphatic heterocycles. The average Bonchev–Trinajstić information content (AvgIpc) is 2.86. The first-order valence-corrected chi connectivity index (χ1v) is 6.86. The normalized spacial score (nSPS) is 11.9. The molecule has 98 valence electrons. The fourth-order valence-electron chi connectivity index (χ4n) is 1.74. The highest BCUT2D eigenvalue weighted by molar-refractivity contribution is 7.11. The van der Waals surface area contributed by atoms with Gasteiger partial charge in [-0.25, -0.2) is 9.37 Å². The Morgan fingerprint density at radius 1 is 1.47 bits per heavy atom. The van der Waals surface area contributed by atoms with Gasteiger partial charge >= 0.3 is 0 Å². The Bertz CT molecular complexity index is 615. The smallest absolute Gasteiger partial charge is 0.126 e. The van der Waals surface area contributed by atoms with Gasteiger partial charge < -0.3 is 5.32 Å². The molecule has 3 nitrogen and oxygen atoms in total. The van der Waals surface area contributed by atoms with Crippen LogP contribution in [0.3, 0.4) is 0 Å². The predicted molar refractivity (Wildman–Crippen MR) is 74.6 cm³/mol. The SMILES string of the molecule is CCc1cnc(C(C)Nc2cc(F)cc(C#N)c2)s1. The molecule has 2 rings (SSSR count). The summed E-state index contributed by atoms with van der Waals surface area (Å²) in [5.41, 5.74) is 0.903. The van der Waals surface area contributed by atoms with Crippen molar-refractivity contribution in [3.05, 3.63) is 45.7 Å². The third kappa shape index (κ3) is 3.30. The third-order valence-electron chi connectivity index (χ3n) is 2.70. The lowest BCUT2D eigenvalue weighted by Crippen LogP contribution is -2.06. The first-order chi connectivity index (χ1) is 9.12. The van der Waals surface area contributed by atoms with E-state index in [1.807, 2.05) is 19.2 Å². The van der Waals surface area contributed by atoms with Gasteiger partial charge in [0.2, 0.25) is 0 Å². The van der Waals surface area contributed by atoms with Gasteiger partial charge in [0, 0.05) is 16.8 Å². The highest BCUT2D eigenvalue weighted by Crippen LogP contribution is 2.24. The summed E-state index contributed by atoms with van der Waals surface area (Å²) in [7, 11) is 0. The van der Waals surface area contributed by atoms with Gasteiger partial charge in [-0.15, -0.1) is 11.3 Å². The summed E-state index contributed by atoms with van der Waals surface area (Å²) < 4.78 is 13.3. The van der Waals surface area contributed by atoms with E-state index in [0.29, 0.717) is 11.3 Å². The number of hydrogen-bond donors (Lipinski definition) is 1. The molecule has 1 atom stereocenters. The lowest BCUT2D eigenvalue weighted by Gasteiger charge is -2.13. The van der Waals surface area contributed by atoms with Crippen molar-refractivity contribution >= 4 is 17.0 Å². The molecular weight excluding hydrogens is 261 g/mol. The number of rotatable bonds is 4. The van der Waals surface area contributed by atoms with Crippen molar-refractivity contribution in [3.63, 3.8) is 0 Å². The number of benzene rings is 1. The predicted octanol–water partition coefficient (Wildman–Crippen LogP) is 3.89. The van der Waals surface area contributed by atoms with E-state index in [-0.39, 0.29) is 6.04 Å². The topological polar surface area (TPSA) is 48.7 Å². The van der Waals surface area contributed by atoms with E-state index >= 15 is 0 Å². The van der Waals surface area contributed by atoms with Crippen LogP contribution in [0.15, 0.2) is 24.4 Å². The molecule has 5 heteroatoms. The molecule has 1 aromatic carbocycles. The molecule has 1 unspecified atom stereocenters. The molecule has 0 aliphatic rings. The zero-order valence-electron chi connectivity index (χ0n) is 10.8. The summed E-state index contributed by atoms with van der Waals surface area (Å²) in [6.45, 7) is 4.05. The number of aromatic nitrogens is 1. The molecule has 0 amide bonds. The van der Waals surface area contributed by atoms with Crippen LogP contribution in [0.1, 0.15) is 35.3 Å². The molecule has 0 fully saturated rings. The minimum Gasteiger partial charge on any atom is -0.376 e. The molecule has 0 aliphatic carbocycles. The van der Waals surface area contributed by atoms with Crippen LogP contribution in [0.2, 0.25) is 0 Å². The number of thiazole rings is 1. The lowest BCUT2D eigenvalue weighted by atomic mass is 10.2. The molecule has 0 saturated carbocycles. The number of anilines is 1. The standard InChI is InChI=1S/C14H14FN3S/c1-3-13-8-17-14(19-13)9(2)18-12-5-10(7-16)4-11(15)6-12/h4-6,8-9,18H,3H2,1-2H3. The largest absolute Gasteiger partial charge is 0.376 e. The van der Waals surface area contributed by atoms with Gasteiger partial charge in [0.15, 0.2) is 0 Å². The van der Waals surface area contributed by atoms with E-state index in [2.05, 4.69) is 17.2 Å². The zero-order valence-corrected chi connectivity index (χ0v) is 11.6. The van der Waals surface area contributed by atoms with Gasteiger partial charge in [0.1, 0.15) is 10.8 Å². The first-order valence-electron chi connectivity index (χ1n) is 6.04. The first kappa shape index (κ1) is 13.5. The molecule has 1 aromatic heterocycles. The van der Waals surface area contributed by atoms with E-state index in [0.717, 1.165) is 11.4 Å². The van der Waals surface area contributed by atoms with Crippen LogP contribution in [-0.2, 0) is 6.42 Å². The van der Waals surface area contributed by atoms with Crippen LogP contribution in [0.5, 0.6) is 0 Å². The summed E-state index contributed by atoms with van der Waals surface area (Å²) >= 11 is 1.64. The monoisotopic (exact) mass is 275 g/mol. The second-order valence-electron chi connectivity index (χ2n) is 4.22. The van der Waals surface area contributed by atoms with E-state index in [9.17, 15) is 4.39 Å². The Labute approximate surface area is 115 Å². The molecule has 0 radical (unpaired) electrons. The molecule has 0 saturated heterocycles. The van der Waals surface area contributed by atoms with Gasteiger partial charge in [-0.1, -0.05) is 6.92 Å². The minimum atomic E-state index is -0.415. The minimum absolute atomic E-state index is 0.0151. The van der Waals surface area contributed by atoms with Gasteiger partial charge in [-0.2, -0.15) is 5.26 Å². The Kier molecular flexibility index (Phi) is 4.13. The van der Waals surface area contributed by atoms with Crippen molar-refractivity contribution in [3.8, 4) is 6.07 Å². The summed E-state index contributed by atoms with van der Waals surface area (Å²) in [6, 6.07) is 6.16. The van der Waals surface area contributed by atoms with E-state index < -0.39 is 5.82 Å². The molecule has 0 bridgehead atoms. The van der Waals surface area contributed by atoms with Gasteiger partial charge in [-0.05, 0) is 31.5 Å². The molecule has 1 heterocycles. The van der Waals surface area contributed by atoms with Crippen molar-refractivity contribution in [1.82, 2.24) is 4.98 Å². The van der Waals surface area contributed by atoms with Gasteiger partial charge in [0.05, 0.1) is 17.7 Å². The summed E-state index contributed by atoms with van der Waals surface area (Å²) in [5, 5.41) is 12.9. The quantitative estimate of drug-likeness (QED) is 0.921. The Morgan fingerprint density at radius 2 is 2.26 bits per heavy atom. The maximum absolute atomic E-state index is 13.3. The van der Waals surface area contributed by atoms with Crippen LogP contribution < -0.4 is 5.32 Å². The molecule has 2 aromatic rings. The number of halogens is 1. The highest BCUT2D eigenvalue weighted by Gasteiger charge is 2.11. The fraction of sp³-hybridized carbons (Fsp3) is 0.286. The maximum Gasteiger partial charge on any atom is 0.126 e. The second-order valence-corrected chi connectivity index (χ2v) is 5.37. The van der Waals surface area contributed by atoms with Gasteiger partial charge in [0.25, 0.3) is 0 Å². The number of nitrogens with zero attached hydrogens (tertiary/aromatic N) is 2. The van der Waals surface area contributed by atoms with Crippen molar-refractivity contribution in [2.24, 2.45) is 0 Å². The van der Waals surface area contributed by atoms with Crippen LogP contribution >= 0.6 is 11.3 Å². The van der Waals surface area contributed by atoms with Gasteiger partial charge in [-0.3, -0.25) is 0 Å². The Morgan fingerprint density at radius 3 is 2.89 bits per heavy atom. The lowest BCUT2D eigenvalue weighted by molar-refractivity contribution is 0.627. The number of nitrogens with one attached hydrogen (secondary N) is 1. The Balaban J connectivity index is 2.16. The van der Waals surface area contributed by atoms with Crippen molar-refractivity contribution < 1.29 is 4.39 Å². The molecule has 0 spiro atoms. The third-order valence-corrected chi connectivity index (χ3v) is 4.02. The highest BCUT2D eigenvalue weighted by atomic mass is 32.1. The second kappa shape index (κ2) is 5.81. The number of aryl methyl sites for hydroxylation is 1. The maximum atomic E-state index is 13.3. The van der Waals surface area contributed by atoms with Crippen LogP contribution in [0, 0.1) is 17.1 Å². The fourth-order valence-corrected chi connectivity index (χ4v) is 2.60. The summed E-state index contributed by atoms with van der Waals surface area (Å²) in [6.07, 6.45) is 2.83.